The fraction of sp³-hybridized carbons (Fsp3) is 0.167. The Morgan fingerprint density at radius 3 is 1.52 bits per heavy atom. The molecule has 3 aliphatic carbocycles. The van der Waals surface area contributed by atoms with Crippen molar-refractivity contribution in [3.05, 3.63) is 227 Å². The van der Waals surface area contributed by atoms with E-state index < -0.39 is 0 Å². The lowest BCUT2D eigenvalue weighted by molar-refractivity contribution is 0.659. The molecule has 1 atom stereocenters. The zero-order valence-electron chi connectivity index (χ0n) is 36.3. The SMILES string of the molecule is CC1(C)c2ccccc2-c2ccc(N(C3=CNC(c4ccc(-c5c6c(cc7ccccc57)C(C)(C)c5ccccc5-6)cc4)C=C3)c3ccc4c(c3)C(C)(C)c3ccccc3-4)cc21. The van der Waals surface area contributed by atoms with Crippen LogP contribution in [-0.2, 0) is 16.2 Å². The van der Waals surface area contributed by atoms with Gasteiger partial charge in [-0.15, -0.1) is 0 Å². The Bertz CT molecular complexity index is 3140. The van der Waals surface area contributed by atoms with Crippen LogP contribution in [0.2, 0.25) is 0 Å². The molecule has 8 aromatic carbocycles. The van der Waals surface area contributed by atoms with E-state index in [9.17, 15) is 0 Å². The lowest BCUT2D eigenvalue weighted by Gasteiger charge is -2.32. The maximum Gasteiger partial charge on any atom is 0.0697 e. The van der Waals surface area contributed by atoms with Crippen molar-refractivity contribution in [3.63, 3.8) is 0 Å². The fourth-order valence-electron chi connectivity index (χ4n) is 11.6. The van der Waals surface area contributed by atoms with Gasteiger partial charge >= 0.3 is 0 Å². The van der Waals surface area contributed by atoms with E-state index in [1.807, 2.05) is 0 Å². The maximum atomic E-state index is 3.83. The van der Waals surface area contributed by atoms with Gasteiger partial charge in [0.05, 0.1) is 11.7 Å². The Kier molecular flexibility index (Phi) is 7.77. The molecule has 1 unspecified atom stereocenters. The first-order chi connectivity index (χ1) is 30.0. The number of hydrogen-bond acceptors (Lipinski definition) is 2. The van der Waals surface area contributed by atoms with Gasteiger partial charge in [-0.05, 0) is 131 Å². The number of fused-ring (bicyclic) bond motifs is 10. The van der Waals surface area contributed by atoms with Gasteiger partial charge in [0.15, 0.2) is 0 Å². The number of allylic oxidation sites excluding steroid dienone is 1. The third-order valence-electron chi connectivity index (χ3n) is 14.9. The highest BCUT2D eigenvalue weighted by Crippen LogP contribution is 2.55. The van der Waals surface area contributed by atoms with Crippen LogP contribution in [-0.4, -0.2) is 0 Å². The third kappa shape index (κ3) is 5.16. The van der Waals surface area contributed by atoms with Gasteiger partial charge in [-0.25, -0.2) is 0 Å². The summed E-state index contributed by atoms with van der Waals surface area (Å²) in [5.74, 6) is 0. The molecule has 4 aliphatic rings. The Morgan fingerprint density at radius 1 is 0.435 bits per heavy atom. The summed E-state index contributed by atoms with van der Waals surface area (Å²) in [5, 5.41) is 6.42. The first-order valence-electron chi connectivity index (χ1n) is 22.2. The molecule has 0 radical (unpaired) electrons. The van der Waals surface area contributed by atoms with Gasteiger partial charge in [-0.1, -0.05) is 181 Å². The number of anilines is 2. The summed E-state index contributed by atoms with van der Waals surface area (Å²) in [4.78, 5) is 2.45. The average molecular weight is 799 g/mol. The predicted octanol–water partition coefficient (Wildman–Crippen LogP) is 15.3. The van der Waals surface area contributed by atoms with Crippen LogP contribution in [0.1, 0.15) is 86.5 Å². The molecule has 12 rings (SSSR count). The second-order valence-corrected chi connectivity index (χ2v) is 19.4. The zero-order chi connectivity index (χ0) is 42.1. The molecule has 2 nitrogen and oxygen atoms in total. The Hall–Kier alpha value is -6.90. The van der Waals surface area contributed by atoms with Crippen LogP contribution in [0.5, 0.6) is 0 Å². The Morgan fingerprint density at radius 2 is 0.935 bits per heavy atom. The molecule has 300 valence electrons. The summed E-state index contributed by atoms with van der Waals surface area (Å²) in [5.41, 5.74) is 23.3. The molecular weight excluding hydrogens is 749 g/mol. The van der Waals surface area contributed by atoms with Crippen molar-refractivity contribution in [3.8, 4) is 44.5 Å². The van der Waals surface area contributed by atoms with Crippen molar-refractivity contribution < 1.29 is 0 Å². The Labute approximate surface area is 365 Å². The maximum absolute atomic E-state index is 3.83. The second-order valence-electron chi connectivity index (χ2n) is 19.4. The molecule has 0 amide bonds. The van der Waals surface area contributed by atoms with Crippen LogP contribution in [0.4, 0.5) is 11.4 Å². The zero-order valence-corrected chi connectivity index (χ0v) is 36.3. The van der Waals surface area contributed by atoms with Crippen molar-refractivity contribution in [2.45, 2.75) is 63.8 Å². The molecule has 62 heavy (non-hydrogen) atoms. The molecule has 2 heteroatoms. The monoisotopic (exact) mass is 798 g/mol. The van der Waals surface area contributed by atoms with E-state index in [1.54, 1.807) is 0 Å². The number of nitrogens with one attached hydrogen (secondary N) is 1. The molecule has 0 fully saturated rings. The van der Waals surface area contributed by atoms with Crippen LogP contribution in [0.15, 0.2) is 188 Å². The minimum atomic E-state index is -0.104. The highest BCUT2D eigenvalue weighted by molar-refractivity contribution is 6.08. The van der Waals surface area contributed by atoms with Gasteiger partial charge in [-0.2, -0.15) is 0 Å². The topological polar surface area (TPSA) is 15.3 Å². The van der Waals surface area contributed by atoms with Gasteiger partial charge in [0.2, 0.25) is 0 Å². The van der Waals surface area contributed by atoms with E-state index in [-0.39, 0.29) is 22.3 Å². The first-order valence-corrected chi connectivity index (χ1v) is 22.2. The van der Waals surface area contributed by atoms with E-state index in [2.05, 4.69) is 234 Å². The normalized spacial score (nSPS) is 17.6. The minimum absolute atomic E-state index is 0.0365. The van der Waals surface area contributed by atoms with Gasteiger partial charge in [-0.3, -0.25) is 0 Å². The molecule has 1 heterocycles. The molecule has 0 saturated carbocycles. The van der Waals surface area contributed by atoms with Gasteiger partial charge in [0, 0.05) is 33.8 Å². The lowest BCUT2D eigenvalue weighted by atomic mass is 9.80. The molecule has 0 spiro atoms. The van der Waals surface area contributed by atoms with Gasteiger partial charge < -0.3 is 10.2 Å². The minimum Gasteiger partial charge on any atom is -0.379 e. The van der Waals surface area contributed by atoms with Crippen LogP contribution in [0.3, 0.4) is 0 Å². The van der Waals surface area contributed by atoms with Crippen LogP contribution in [0, 0.1) is 0 Å². The Balaban J connectivity index is 0.920. The second kappa shape index (κ2) is 13.1. The summed E-state index contributed by atoms with van der Waals surface area (Å²) < 4.78 is 0. The van der Waals surface area contributed by atoms with E-state index in [0.29, 0.717) is 0 Å². The summed E-state index contributed by atoms with van der Waals surface area (Å²) in [6.07, 6.45) is 6.85. The van der Waals surface area contributed by atoms with E-state index in [0.717, 1.165) is 17.1 Å². The largest absolute Gasteiger partial charge is 0.379 e. The van der Waals surface area contributed by atoms with Crippen molar-refractivity contribution in [1.29, 1.82) is 0 Å². The fourth-order valence-corrected chi connectivity index (χ4v) is 11.6. The molecule has 1 aliphatic heterocycles. The van der Waals surface area contributed by atoms with Gasteiger partial charge in [0.25, 0.3) is 0 Å². The van der Waals surface area contributed by atoms with E-state index in [4.69, 9.17) is 0 Å². The van der Waals surface area contributed by atoms with Crippen molar-refractivity contribution >= 4 is 22.1 Å². The molecule has 1 N–H and O–H groups in total. The van der Waals surface area contributed by atoms with Crippen molar-refractivity contribution in [2.75, 3.05) is 4.90 Å². The first kappa shape index (κ1) is 36.9. The summed E-state index contributed by atoms with van der Waals surface area (Å²) in [6, 6.07) is 61.6. The highest BCUT2D eigenvalue weighted by Gasteiger charge is 2.39. The van der Waals surface area contributed by atoms with E-state index >= 15 is 0 Å². The van der Waals surface area contributed by atoms with Crippen molar-refractivity contribution in [1.82, 2.24) is 5.32 Å². The predicted molar refractivity (Wildman–Crippen MR) is 260 cm³/mol. The molecule has 0 bridgehead atoms. The smallest absolute Gasteiger partial charge is 0.0697 e. The number of nitrogens with zero attached hydrogens (tertiary/aromatic N) is 1. The summed E-state index contributed by atoms with van der Waals surface area (Å²) in [6.45, 7) is 14.2. The van der Waals surface area contributed by atoms with Gasteiger partial charge in [0.1, 0.15) is 0 Å². The van der Waals surface area contributed by atoms with Crippen LogP contribution in [0.25, 0.3) is 55.3 Å². The highest BCUT2D eigenvalue weighted by atomic mass is 15.2. The molecular formula is C60H50N2. The quantitative estimate of drug-likeness (QED) is 0.187. The van der Waals surface area contributed by atoms with Crippen LogP contribution < -0.4 is 10.2 Å². The lowest BCUT2D eigenvalue weighted by Crippen LogP contribution is -2.24. The average Bonchev–Trinajstić information content (AvgIpc) is 3.78. The van der Waals surface area contributed by atoms with Crippen molar-refractivity contribution in [2.24, 2.45) is 0 Å². The summed E-state index contributed by atoms with van der Waals surface area (Å²) in [7, 11) is 0. The molecule has 0 aromatic heterocycles. The number of benzene rings is 8. The number of hydrogen-bond donors (Lipinski definition) is 1. The number of rotatable bonds is 5. The summed E-state index contributed by atoms with van der Waals surface area (Å²) >= 11 is 0. The van der Waals surface area contributed by atoms with Crippen LogP contribution >= 0.6 is 0 Å². The molecule has 8 aromatic rings. The van der Waals surface area contributed by atoms with E-state index in [1.165, 1.54) is 94.2 Å². The standard InChI is InChI=1S/C60H50N2/c1-58(2)49-20-12-9-17-44(49)46-30-27-40(34-52(46)58)62(41-28-31-47-45-18-10-13-21-50(45)59(3,4)53(47)35-41)42-29-32-55(61-36-42)37-23-25-38(26-24-37)56-43-16-8-7-15-39(43)33-54-57(56)48-19-11-14-22-51(48)60(54,5)6/h7-36,55,61H,1-6H3. The molecule has 0 saturated heterocycles. The number of dihydropyridines is 1. The third-order valence-corrected chi connectivity index (χ3v) is 14.9.